The number of rotatable bonds is 2. The molecule has 3 rings (SSSR count). The Morgan fingerprint density at radius 2 is 1.70 bits per heavy atom. The van der Waals surface area contributed by atoms with Crippen LogP contribution in [0.3, 0.4) is 0 Å². The normalized spacial score (nSPS) is 21.7. The summed E-state index contributed by atoms with van der Waals surface area (Å²) in [6, 6.07) is 10.4. The van der Waals surface area contributed by atoms with Crippen molar-refractivity contribution in [3.63, 3.8) is 0 Å². The highest BCUT2D eigenvalue weighted by Gasteiger charge is 2.46. The molecule has 1 aliphatic carbocycles. The smallest absolute Gasteiger partial charge is 0.331 e. The van der Waals surface area contributed by atoms with Crippen molar-refractivity contribution in [2.75, 3.05) is 0 Å². The van der Waals surface area contributed by atoms with E-state index in [4.69, 9.17) is 4.74 Å². The standard InChI is InChI=1S/C17H22O2Si/c1-20(2,14-9-5-3-6-10-14)15-13-17(19-16(15)18)11-7-4-8-12-17/h3,5-6,9-10,13H,4,7-8,11-12H2,1-2H3. The van der Waals surface area contributed by atoms with Crippen LogP contribution in [0.15, 0.2) is 41.6 Å². The van der Waals surface area contributed by atoms with E-state index in [0.29, 0.717) is 0 Å². The van der Waals surface area contributed by atoms with Gasteiger partial charge in [-0.25, -0.2) is 4.79 Å². The lowest BCUT2D eigenvalue weighted by atomic mass is 9.85. The Kier molecular flexibility index (Phi) is 3.33. The molecule has 1 aromatic rings. The molecule has 1 heterocycles. The van der Waals surface area contributed by atoms with E-state index in [0.717, 1.165) is 18.0 Å². The first-order chi connectivity index (χ1) is 9.54. The summed E-state index contributed by atoms with van der Waals surface area (Å²) in [6.07, 6.45) is 7.80. The van der Waals surface area contributed by atoms with Crippen LogP contribution in [0.4, 0.5) is 0 Å². The van der Waals surface area contributed by atoms with Crippen LogP contribution < -0.4 is 5.19 Å². The number of carbonyl (C=O) groups excluding carboxylic acids is 1. The topological polar surface area (TPSA) is 26.3 Å². The molecule has 0 atom stereocenters. The summed E-state index contributed by atoms with van der Waals surface area (Å²) in [7, 11) is -1.93. The Bertz CT molecular complexity index is 539. The van der Waals surface area contributed by atoms with Gasteiger partial charge in [0.1, 0.15) is 13.7 Å². The second-order valence-electron chi connectivity index (χ2n) is 6.56. The van der Waals surface area contributed by atoms with Gasteiger partial charge < -0.3 is 4.74 Å². The third-order valence-corrected chi connectivity index (χ3v) is 8.26. The first kappa shape index (κ1) is 13.6. The molecule has 0 N–H and O–H groups in total. The molecule has 2 nitrogen and oxygen atoms in total. The van der Waals surface area contributed by atoms with Gasteiger partial charge in [-0.05, 0) is 31.8 Å². The second kappa shape index (κ2) is 4.88. The number of esters is 1. The molecule has 106 valence electrons. The zero-order valence-electron chi connectivity index (χ0n) is 12.3. The molecule has 3 heteroatoms. The highest BCUT2D eigenvalue weighted by atomic mass is 28.3. The van der Waals surface area contributed by atoms with Crippen molar-refractivity contribution >= 4 is 19.2 Å². The monoisotopic (exact) mass is 286 g/mol. The van der Waals surface area contributed by atoms with Gasteiger partial charge in [0.25, 0.3) is 0 Å². The fourth-order valence-corrected chi connectivity index (χ4v) is 5.96. The summed E-state index contributed by atoms with van der Waals surface area (Å²) in [5, 5.41) is 2.27. The van der Waals surface area contributed by atoms with E-state index >= 15 is 0 Å². The predicted molar refractivity (Wildman–Crippen MR) is 83.5 cm³/mol. The van der Waals surface area contributed by atoms with Crippen LogP contribution in [0.2, 0.25) is 13.1 Å². The Labute approximate surface area is 121 Å². The van der Waals surface area contributed by atoms with Crippen LogP contribution in [0.5, 0.6) is 0 Å². The predicted octanol–water partition coefficient (Wildman–Crippen LogP) is 3.33. The maximum atomic E-state index is 12.4. The highest BCUT2D eigenvalue weighted by molar-refractivity contribution is 6.98. The van der Waals surface area contributed by atoms with Gasteiger partial charge >= 0.3 is 5.97 Å². The fourth-order valence-electron chi connectivity index (χ4n) is 3.43. The quantitative estimate of drug-likeness (QED) is 0.616. The van der Waals surface area contributed by atoms with E-state index in [9.17, 15) is 4.79 Å². The first-order valence-electron chi connectivity index (χ1n) is 7.56. The fraction of sp³-hybridized carbons (Fsp3) is 0.471. The maximum absolute atomic E-state index is 12.4. The molecule has 1 saturated carbocycles. The third kappa shape index (κ3) is 2.24. The van der Waals surface area contributed by atoms with Crippen molar-refractivity contribution in [1.82, 2.24) is 0 Å². The van der Waals surface area contributed by atoms with Crippen molar-refractivity contribution in [2.24, 2.45) is 0 Å². The van der Waals surface area contributed by atoms with Crippen LogP contribution in [0.25, 0.3) is 0 Å². The summed E-state index contributed by atoms with van der Waals surface area (Å²) in [5.74, 6) is -0.0626. The van der Waals surface area contributed by atoms with Gasteiger partial charge in [0.15, 0.2) is 0 Å². The molecular formula is C17H22O2Si. The Morgan fingerprint density at radius 3 is 2.35 bits per heavy atom. The minimum atomic E-state index is -1.93. The summed E-state index contributed by atoms with van der Waals surface area (Å²) in [5.41, 5.74) is -0.274. The molecule has 0 radical (unpaired) electrons. The SMILES string of the molecule is C[Si](C)(C1=CC2(CCCCC2)OC1=O)c1ccccc1. The molecule has 1 fully saturated rings. The molecular weight excluding hydrogens is 264 g/mol. The van der Waals surface area contributed by atoms with Gasteiger partial charge in [-0.1, -0.05) is 55.0 Å². The molecule has 0 unspecified atom stereocenters. The molecule has 0 amide bonds. The number of hydrogen-bond acceptors (Lipinski definition) is 2. The summed E-state index contributed by atoms with van der Waals surface area (Å²) < 4.78 is 5.81. The van der Waals surface area contributed by atoms with Crippen molar-refractivity contribution in [2.45, 2.75) is 50.8 Å². The number of benzene rings is 1. The lowest BCUT2D eigenvalue weighted by Gasteiger charge is -2.30. The molecule has 0 bridgehead atoms. The highest BCUT2D eigenvalue weighted by Crippen LogP contribution is 2.40. The summed E-state index contributed by atoms with van der Waals surface area (Å²) in [6.45, 7) is 4.49. The van der Waals surface area contributed by atoms with Crippen LogP contribution in [0.1, 0.15) is 32.1 Å². The van der Waals surface area contributed by atoms with Gasteiger partial charge in [0.2, 0.25) is 0 Å². The first-order valence-corrected chi connectivity index (χ1v) is 10.6. The van der Waals surface area contributed by atoms with Crippen molar-refractivity contribution < 1.29 is 9.53 Å². The van der Waals surface area contributed by atoms with Crippen molar-refractivity contribution in [3.8, 4) is 0 Å². The zero-order chi connectivity index (χ0) is 14.2. The molecule has 1 aromatic carbocycles. The van der Waals surface area contributed by atoms with E-state index in [1.807, 2.05) is 6.07 Å². The van der Waals surface area contributed by atoms with Gasteiger partial charge in [-0.2, -0.15) is 0 Å². The Morgan fingerprint density at radius 1 is 1.05 bits per heavy atom. The summed E-state index contributed by atoms with van der Waals surface area (Å²) in [4.78, 5) is 12.4. The van der Waals surface area contributed by atoms with Gasteiger partial charge in [-0.15, -0.1) is 0 Å². The zero-order valence-corrected chi connectivity index (χ0v) is 13.3. The Balaban J connectivity index is 1.96. The molecule has 0 aromatic heterocycles. The number of ether oxygens (including phenoxy) is 1. The van der Waals surface area contributed by atoms with E-state index in [-0.39, 0.29) is 11.6 Å². The minimum absolute atomic E-state index is 0.0626. The maximum Gasteiger partial charge on any atom is 0.331 e. The third-order valence-electron chi connectivity index (χ3n) is 4.79. The van der Waals surface area contributed by atoms with Gasteiger partial charge in [0.05, 0.1) is 0 Å². The summed E-state index contributed by atoms with van der Waals surface area (Å²) >= 11 is 0. The van der Waals surface area contributed by atoms with E-state index < -0.39 is 8.07 Å². The Hall–Kier alpha value is -1.35. The molecule has 1 spiro atoms. The number of hydrogen-bond donors (Lipinski definition) is 0. The van der Waals surface area contributed by atoms with Crippen LogP contribution in [0, 0.1) is 0 Å². The average Bonchev–Trinajstić information content (AvgIpc) is 2.78. The lowest BCUT2D eigenvalue weighted by Crippen LogP contribution is -2.45. The van der Waals surface area contributed by atoms with Crippen LogP contribution in [-0.2, 0) is 9.53 Å². The largest absolute Gasteiger partial charge is 0.452 e. The van der Waals surface area contributed by atoms with Crippen molar-refractivity contribution in [1.29, 1.82) is 0 Å². The van der Waals surface area contributed by atoms with Crippen LogP contribution in [-0.4, -0.2) is 19.6 Å². The molecule has 1 aliphatic heterocycles. The lowest BCUT2D eigenvalue weighted by molar-refractivity contribution is -0.148. The van der Waals surface area contributed by atoms with E-state index in [2.05, 4.69) is 43.4 Å². The van der Waals surface area contributed by atoms with Gasteiger partial charge in [-0.3, -0.25) is 0 Å². The molecule has 20 heavy (non-hydrogen) atoms. The number of carbonyl (C=O) groups is 1. The van der Waals surface area contributed by atoms with Crippen molar-refractivity contribution in [3.05, 3.63) is 41.6 Å². The van der Waals surface area contributed by atoms with Gasteiger partial charge in [0, 0.05) is 5.20 Å². The van der Waals surface area contributed by atoms with E-state index in [1.165, 1.54) is 24.4 Å². The average molecular weight is 286 g/mol. The second-order valence-corrected chi connectivity index (χ2v) is 10.9. The van der Waals surface area contributed by atoms with Crippen LogP contribution >= 0.6 is 0 Å². The minimum Gasteiger partial charge on any atom is -0.452 e. The molecule has 0 saturated heterocycles. The van der Waals surface area contributed by atoms with E-state index in [1.54, 1.807) is 0 Å². The molecule has 2 aliphatic rings.